The van der Waals surface area contributed by atoms with E-state index in [1.165, 1.54) is 43.8 Å². The Hall–Kier alpha value is -2.96. The molecule has 0 unspecified atom stereocenters. The second-order valence-corrected chi connectivity index (χ2v) is 3.81. The van der Waals surface area contributed by atoms with Gasteiger partial charge in [-0.05, 0) is 24.3 Å². The third kappa shape index (κ3) is 2.89. The van der Waals surface area contributed by atoms with Gasteiger partial charge in [0.05, 0.1) is 36.3 Å². The van der Waals surface area contributed by atoms with Crippen molar-refractivity contribution in [2.75, 3.05) is 12.4 Å². The lowest BCUT2D eigenvalue weighted by Gasteiger charge is -2.10. The van der Waals surface area contributed by atoms with Crippen molar-refractivity contribution in [1.29, 1.82) is 0 Å². The van der Waals surface area contributed by atoms with Gasteiger partial charge in [-0.25, -0.2) is 4.79 Å². The standard InChI is InChI=1S/C13H11N3O4/c1-20-11-3-2-8(13(18)19)6-10(11)16-12(17)9-4-5-14-15-7-9/h2-7H,1H3,(H,16,17)(H,18,19). The monoisotopic (exact) mass is 273 g/mol. The van der Waals surface area contributed by atoms with Gasteiger partial charge in [0.25, 0.3) is 5.91 Å². The number of carbonyl (C=O) groups excluding carboxylic acids is 1. The lowest BCUT2D eigenvalue weighted by atomic mass is 10.1. The molecule has 0 fully saturated rings. The Morgan fingerprint density at radius 1 is 1.20 bits per heavy atom. The highest BCUT2D eigenvalue weighted by Crippen LogP contribution is 2.26. The minimum Gasteiger partial charge on any atom is -0.495 e. The van der Waals surface area contributed by atoms with Gasteiger partial charge in [0.15, 0.2) is 0 Å². The van der Waals surface area contributed by atoms with E-state index in [0.29, 0.717) is 11.3 Å². The lowest BCUT2D eigenvalue weighted by molar-refractivity contribution is 0.0696. The zero-order valence-corrected chi connectivity index (χ0v) is 10.5. The van der Waals surface area contributed by atoms with Gasteiger partial charge in [-0.1, -0.05) is 0 Å². The normalized spacial score (nSPS) is 9.85. The van der Waals surface area contributed by atoms with Crippen LogP contribution in [0.2, 0.25) is 0 Å². The molecular weight excluding hydrogens is 262 g/mol. The van der Waals surface area contributed by atoms with E-state index in [9.17, 15) is 9.59 Å². The summed E-state index contributed by atoms with van der Waals surface area (Å²) < 4.78 is 5.08. The molecule has 1 aromatic carbocycles. The molecule has 1 amide bonds. The zero-order valence-electron chi connectivity index (χ0n) is 10.5. The first-order valence-corrected chi connectivity index (χ1v) is 5.61. The molecule has 2 rings (SSSR count). The number of ether oxygens (including phenoxy) is 1. The van der Waals surface area contributed by atoms with E-state index in [1.54, 1.807) is 0 Å². The van der Waals surface area contributed by atoms with Gasteiger partial charge >= 0.3 is 5.97 Å². The fraction of sp³-hybridized carbons (Fsp3) is 0.0769. The van der Waals surface area contributed by atoms with Crippen molar-refractivity contribution >= 4 is 17.6 Å². The average Bonchev–Trinajstić information content (AvgIpc) is 2.48. The molecule has 0 radical (unpaired) electrons. The van der Waals surface area contributed by atoms with Crippen LogP contribution in [0.5, 0.6) is 5.75 Å². The molecule has 2 aromatic rings. The number of hydrogen-bond donors (Lipinski definition) is 2. The fourth-order valence-electron chi connectivity index (χ4n) is 1.56. The molecule has 102 valence electrons. The predicted octanol–water partition coefficient (Wildman–Crippen LogP) is 1.44. The van der Waals surface area contributed by atoms with Crippen LogP contribution in [0.15, 0.2) is 36.7 Å². The summed E-state index contributed by atoms with van der Waals surface area (Å²) in [6.07, 6.45) is 2.70. The van der Waals surface area contributed by atoms with E-state index in [2.05, 4.69) is 15.5 Å². The van der Waals surface area contributed by atoms with E-state index >= 15 is 0 Å². The second kappa shape index (κ2) is 5.79. The number of carbonyl (C=O) groups is 2. The van der Waals surface area contributed by atoms with Crippen molar-refractivity contribution in [1.82, 2.24) is 10.2 Å². The minimum atomic E-state index is -1.09. The number of aromatic carboxylic acids is 1. The molecule has 20 heavy (non-hydrogen) atoms. The van der Waals surface area contributed by atoms with Crippen LogP contribution < -0.4 is 10.1 Å². The number of amides is 1. The van der Waals surface area contributed by atoms with Crippen LogP contribution in [0.25, 0.3) is 0 Å². The van der Waals surface area contributed by atoms with Crippen molar-refractivity contribution in [3.05, 3.63) is 47.8 Å². The number of carboxylic acids is 1. The Morgan fingerprint density at radius 3 is 2.60 bits per heavy atom. The third-order valence-corrected chi connectivity index (χ3v) is 2.54. The van der Waals surface area contributed by atoms with Crippen molar-refractivity contribution < 1.29 is 19.4 Å². The Labute approximate surface area is 114 Å². The van der Waals surface area contributed by atoms with Crippen molar-refractivity contribution in [2.45, 2.75) is 0 Å². The van der Waals surface area contributed by atoms with E-state index in [0.717, 1.165) is 0 Å². The summed E-state index contributed by atoms with van der Waals surface area (Å²) in [5, 5.41) is 18.7. The van der Waals surface area contributed by atoms with E-state index in [1.807, 2.05) is 0 Å². The van der Waals surface area contributed by atoms with Crippen LogP contribution >= 0.6 is 0 Å². The molecule has 1 heterocycles. The number of nitrogens with zero attached hydrogens (tertiary/aromatic N) is 2. The number of carboxylic acid groups (broad SMARTS) is 1. The minimum absolute atomic E-state index is 0.0500. The van der Waals surface area contributed by atoms with Gasteiger partial charge in [0.1, 0.15) is 5.75 Å². The van der Waals surface area contributed by atoms with Gasteiger partial charge in [0.2, 0.25) is 0 Å². The molecule has 0 saturated heterocycles. The molecule has 1 aromatic heterocycles. The molecule has 0 bridgehead atoms. The first kappa shape index (κ1) is 13.5. The van der Waals surface area contributed by atoms with Gasteiger partial charge in [0, 0.05) is 0 Å². The topological polar surface area (TPSA) is 101 Å². The van der Waals surface area contributed by atoms with Gasteiger partial charge < -0.3 is 15.2 Å². The van der Waals surface area contributed by atoms with Crippen molar-refractivity contribution in [2.24, 2.45) is 0 Å². The predicted molar refractivity (Wildman–Crippen MR) is 69.9 cm³/mol. The summed E-state index contributed by atoms with van der Waals surface area (Å²) >= 11 is 0. The van der Waals surface area contributed by atoms with E-state index < -0.39 is 11.9 Å². The summed E-state index contributed by atoms with van der Waals surface area (Å²) in [6, 6.07) is 5.69. The highest BCUT2D eigenvalue weighted by molar-refractivity contribution is 6.05. The van der Waals surface area contributed by atoms with Crippen LogP contribution in [-0.4, -0.2) is 34.3 Å². The Balaban J connectivity index is 2.30. The van der Waals surface area contributed by atoms with E-state index in [4.69, 9.17) is 9.84 Å². The smallest absolute Gasteiger partial charge is 0.335 e. The Bertz CT molecular complexity index is 643. The number of methoxy groups -OCH3 is 1. The van der Waals surface area contributed by atoms with Crippen molar-refractivity contribution in [3.8, 4) is 5.75 Å². The number of aromatic nitrogens is 2. The third-order valence-electron chi connectivity index (χ3n) is 2.54. The van der Waals surface area contributed by atoms with Gasteiger partial charge in [-0.15, -0.1) is 0 Å². The second-order valence-electron chi connectivity index (χ2n) is 3.81. The fourth-order valence-corrected chi connectivity index (χ4v) is 1.56. The van der Waals surface area contributed by atoms with Crippen LogP contribution in [0.1, 0.15) is 20.7 Å². The molecule has 0 atom stereocenters. The Kier molecular flexibility index (Phi) is 3.90. The number of rotatable bonds is 4. The first-order valence-electron chi connectivity index (χ1n) is 5.61. The van der Waals surface area contributed by atoms with Crippen LogP contribution in [0, 0.1) is 0 Å². The SMILES string of the molecule is COc1ccc(C(=O)O)cc1NC(=O)c1ccnnc1. The summed E-state index contributed by atoms with van der Waals surface area (Å²) in [5.41, 5.74) is 0.631. The highest BCUT2D eigenvalue weighted by atomic mass is 16.5. The molecule has 7 nitrogen and oxygen atoms in total. The maximum absolute atomic E-state index is 12.0. The van der Waals surface area contributed by atoms with Gasteiger partial charge in [-0.3, -0.25) is 4.79 Å². The summed E-state index contributed by atoms with van der Waals surface area (Å²) in [4.78, 5) is 22.9. The summed E-state index contributed by atoms with van der Waals surface area (Å²) in [6.45, 7) is 0. The summed E-state index contributed by atoms with van der Waals surface area (Å²) in [5.74, 6) is -1.15. The number of anilines is 1. The van der Waals surface area contributed by atoms with Crippen LogP contribution in [0.4, 0.5) is 5.69 Å². The molecule has 7 heteroatoms. The number of hydrogen-bond acceptors (Lipinski definition) is 5. The molecule has 0 aliphatic rings. The largest absolute Gasteiger partial charge is 0.495 e. The molecule has 0 saturated carbocycles. The van der Waals surface area contributed by atoms with Crippen molar-refractivity contribution in [3.63, 3.8) is 0 Å². The highest BCUT2D eigenvalue weighted by Gasteiger charge is 2.13. The molecular formula is C13H11N3O4. The van der Waals surface area contributed by atoms with Crippen LogP contribution in [-0.2, 0) is 0 Å². The number of benzene rings is 1. The molecule has 0 aliphatic carbocycles. The van der Waals surface area contributed by atoms with Gasteiger partial charge in [-0.2, -0.15) is 10.2 Å². The zero-order chi connectivity index (χ0) is 14.5. The maximum atomic E-state index is 12.0. The average molecular weight is 273 g/mol. The molecule has 0 aliphatic heterocycles. The molecule has 2 N–H and O–H groups in total. The lowest BCUT2D eigenvalue weighted by Crippen LogP contribution is -2.13. The molecule has 0 spiro atoms. The van der Waals surface area contributed by atoms with Crippen LogP contribution in [0.3, 0.4) is 0 Å². The Morgan fingerprint density at radius 2 is 2.00 bits per heavy atom. The first-order chi connectivity index (χ1) is 9.61. The quantitative estimate of drug-likeness (QED) is 0.873. The maximum Gasteiger partial charge on any atom is 0.335 e. The van der Waals surface area contributed by atoms with E-state index in [-0.39, 0.29) is 11.3 Å². The number of nitrogens with one attached hydrogen (secondary N) is 1. The summed E-state index contributed by atoms with van der Waals surface area (Å²) in [7, 11) is 1.43.